The predicted octanol–water partition coefficient (Wildman–Crippen LogP) is 4.23. The summed E-state index contributed by atoms with van der Waals surface area (Å²) in [6.45, 7) is 2.34. The van der Waals surface area contributed by atoms with Gasteiger partial charge in [-0.3, -0.25) is 9.69 Å². The van der Waals surface area contributed by atoms with Crippen LogP contribution in [0.15, 0.2) is 48.5 Å². The maximum Gasteiger partial charge on any atom is 0.325 e. The summed E-state index contributed by atoms with van der Waals surface area (Å²) in [6.07, 6.45) is 0.533. The van der Waals surface area contributed by atoms with Crippen molar-refractivity contribution in [2.45, 2.75) is 18.9 Å². The number of ether oxygens (including phenoxy) is 1. The fourth-order valence-corrected chi connectivity index (χ4v) is 3.13. The molecular weight excluding hydrogens is 375 g/mol. The molecule has 0 bridgehead atoms. The van der Waals surface area contributed by atoms with Gasteiger partial charge in [-0.2, -0.15) is 0 Å². The summed E-state index contributed by atoms with van der Waals surface area (Å²) < 4.78 is 5.60. The highest BCUT2D eigenvalue weighted by Crippen LogP contribution is 2.33. The van der Waals surface area contributed by atoms with Crippen molar-refractivity contribution < 1.29 is 14.3 Å². The lowest BCUT2D eigenvalue weighted by molar-refractivity contribution is -0.131. The molecule has 1 N–H and O–H groups in total. The van der Waals surface area contributed by atoms with Gasteiger partial charge in [-0.05, 0) is 43.2 Å². The second-order valence-corrected chi connectivity index (χ2v) is 6.97. The number of nitrogens with one attached hydrogen (secondary N) is 1. The number of hydrogen-bond acceptors (Lipinski definition) is 3. The molecule has 0 saturated carbocycles. The number of halogens is 2. The molecule has 136 valence electrons. The number of carbonyl (C=O) groups is 2. The molecule has 3 rings (SSSR count). The standard InChI is InChI=1S/C19H18Cl2N2O3/c1-19(13-8-9-15(20)16(21)12-13)17(24)23(18(25)22-19)10-5-11-26-14-6-3-2-4-7-14/h2-4,6-9,12H,5,10-11H2,1H3,(H,22,25)/t19-/m1/s1. The molecule has 0 radical (unpaired) electrons. The fourth-order valence-electron chi connectivity index (χ4n) is 2.83. The Balaban J connectivity index is 1.63. The average molecular weight is 393 g/mol. The fraction of sp³-hybridized carbons (Fsp3) is 0.263. The van der Waals surface area contributed by atoms with Gasteiger partial charge in [0.1, 0.15) is 11.3 Å². The molecule has 1 heterocycles. The van der Waals surface area contributed by atoms with Crippen molar-refractivity contribution in [2.75, 3.05) is 13.2 Å². The van der Waals surface area contributed by atoms with Gasteiger partial charge in [-0.15, -0.1) is 0 Å². The van der Waals surface area contributed by atoms with Crippen LogP contribution in [-0.2, 0) is 10.3 Å². The Kier molecular flexibility index (Phi) is 5.39. The molecule has 7 heteroatoms. The smallest absolute Gasteiger partial charge is 0.325 e. The number of nitrogens with zero attached hydrogens (tertiary/aromatic N) is 1. The maximum atomic E-state index is 12.8. The lowest BCUT2D eigenvalue weighted by Gasteiger charge is -2.22. The third-order valence-electron chi connectivity index (χ3n) is 4.31. The van der Waals surface area contributed by atoms with Crippen molar-refractivity contribution in [1.29, 1.82) is 0 Å². The molecule has 26 heavy (non-hydrogen) atoms. The molecule has 0 spiro atoms. The summed E-state index contributed by atoms with van der Waals surface area (Å²) in [5.41, 5.74) is -0.570. The number of carbonyl (C=O) groups excluding carboxylic acids is 2. The van der Waals surface area contributed by atoms with Gasteiger partial charge in [0.05, 0.1) is 16.7 Å². The highest BCUT2D eigenvalue weighted by atomic mass is 35.5. The first kappa shape index (κ1) is 18.5. The van der Waals surface area contributed by atoms with E-state index < -0.39 is 11.6 Å². The average Bonchev–Trinajstić information content (AvgIpc) is 2.85. The molecule has 2 aromatic carbocycles. The number of benzene rings is 2. The van der Waals surface area contributed by atoms with Crippen LogP contribution in [0.1, 0.15) is 18.9 Å². The molecule has 1 aliphatic rings. The van der Waals surface area contributed by atoms with E-state index in [-0.39, 0.29) is 12.5 Å². The van der Waals surface area contributed by atoms with E-state index in [1.54, 1.807) is 25.1 Å². The highest BCUT2D eigenvalue weighted by molar-refractivity contribution is 6.42. The zero-order valence-electron chi connectivity index (χ0n) is 14.2. The van der Waals surface area contributed by atoms with E-state index in [4.69, 9.17) is 27.9 Å². The van der Waals surface area contributed by atoms with Gasteiger partial charge < -0.3 is 10.1 Å². The van der Waals surface area contributed by atoms with E-state index in [1.807, 2.05) is 30.3 Å². The van der Waals surface area contributed by atoms with Crippen LogP contribution in [0.3, 0.4) is 0 Å². The molecule has 1 aliphatic heterocycles. The second-order valence-electron chi connectivity index (χ2n) is 6.16. The van der Waals surface area contributed by atoms with Gasteiger partial charge in [0.25, 0.3) is 5.91 Å². The summed E-state index contributed by atoms with van der Waals surface area (Å²) >= 11 is 12.0. The minimum absolute atomic E-state index is 0.272. The van der Waals surface area contributed by atoms with Crippen molar-refractivity contribution in [2.24, 2.45) is 0 Å². The largest absolute Gasteiger partial charge is 0.494 e. The van der Waals surface area contributed by atoms with Crippen LogP contribution < -0.4 is 10.1 Å². The van der Waals surface area contributed by atoms with Crippen LogP contribution >= 0.6 is 23.2 Å². The van der Waals surface area contributed by atoms with Gasteiger partial charge in [0.2, 0.25) is 0 Å². The molecular formula is C19H18Cl2N2O3. The summed E-state index contributed by atoms with van der Waals surface area (Å²) in [5.74, 6) is 0.436. The summed E-state index contributed by atoms with van der Waals surface area (Å²) in [4.78, 5) is 26.3. The lowest BCUT2D eigenvalue weighted by atomic mass is 9.92. The van der Waals surface area contributed by atoms with Gasteiger partial charge >= 0.3 is 6.03 Å². The first-order chi connectivity index (χ1) is 12.4. The van der Waals surface area contributed by atoms with Crippen molar-refractivity contribution in [1.82, 2.24) is 10.2 Å². The number of urea groups is 1. The van der Waals surface area contributed by atoms with Crippen LogP contribution in [0.2, 0.25) is 10.0 Å². The van der Waals surface area contributed by atoms with Crippen LogP contribution in [0.25, 0.3) is 0 Å². The number of imide groups is 1. The normalized spacial score (nSPS) is 19.6. The minimum atomic E-state index is -1.16. The quantitative estimate of drug-likeness (QED) is 0.590. The molecule has 0 aliphatic carbocycles. The first-order valence-electron chi connectivity index (χ1n) is 8.19. The van der Waals surface area contributed by atoms with E-state index in [1.165, 1.54) is 4.90 Å². The Morgan fingerprint density at radius 1 is 1.08 bits per heavy atom. The first-order valence-corrected chi connectivity index (χ1v) is 8.95. The lowest BCUT2D eigenvalue weighted by Crippen LogP contribution is -2.41. The van der Waals surface area contributed by atoms with E-state index in [0.29, 0.717) is 28.6 Å². The third kappa shape index (κ3) is 3.64. The zero-order valence-corrected chi connectivity index (χ0v) is 15.7. The Morgan fingerprint density at radius 3 is 2.50 bits per heavy atom. The van der Waals surface area contributed by atoms with Crippen LogP contribution in [0.5, 0.6) is 5.75 Å². The van der Waals surface area contributed by atoms with Gasteiger partial charge in [-0.1, -0.05) is 47.5 Å². The van der Waals surface area contributed by atoms with Crippen LogP contribution in [0, 0.1) is 0 Å². The van der Waals surface area contributed by atoms with Crippen molar-refractivity contribution in [3.05, 3.63) is 64.1 Å². The molecule has 0 aromatic heterocycles. The molecule has 0 unspecified atom stereocenters. The minimum Gasteiger partial charge on any atom is -0.494 e. The third-order valence-corrected chi connectivity index (χ3v) is 5.05. The SMILES string of the molecule is C[C@]1(c2ccc(Cl)c(Cl)c2)NC(=O)N(CCCOc2ccccc2)C1=O. The van der Waals surface area contributed by atoms with Crippen LogP contribution in [0.4, 0.5) is 4.79 Å². The molecule has 1 fully saturated rings. The second kappa shape index (κ2) is 7.56. The number of hydrogen-bond donors (Lipinski definition) is 1. The topological polar surface area (TPSA) is 58.6 Å². The van der Waals surface area contributed by atoms with Crippen molar-refractivity contribution in [3.8, 4) is 5.75 Å². The Morgan fingerprint density at radius 2 is 1.81 bits per heavy atom. The molecule has 1 saturated heterocycles. The molecule has 3 amide bonds. The maximum absolute atomic E-state index is 12.8. The van der Waals surface area contributed by atoms with Crippen LogP contribution in [-0.4, -0.2) is 30.0 Å². The van der Waals surface area contributed by atoms with E-state index in [2.05, 4.69) is 5.32 Å². The molecule has 5 nitrogen and oxygen atoms in total. The monoisotopic (exact) mass is 392 g/mol. The zero-order chi connectivity index (χ0) is 18.7. The van der Waals surface area contributed by atoms with Crippen molar-refractivity contribution >= 4 is 35.1 Å². The Bertz CT molecular complexity index is 829. The summed E-state index contributed by atoms with van der Waals surface area (Å²) in [7, 11) is 0. The van der Waals surface area contributed by atoms with Gasteiger partial charge in [0.15, 0.2) is 0 Å². The van der Waals surface area contributed by atoms with Gasteiger partial charge in [-0.25, -0.2) is 4.79 Å². The van der Waals surface area contributed by atoms with E-state index in [9.17, 15) is 9.59 Å². The number of rotatable bonds is 6. The highest BCUT2D eigenvalue weighted by Gasteiger charge is 2.48. The van der Waals surface area contributed by atoms with Gasteiger partial charge in [0, 0.05) is 6.54 Å². The number of para-hydroxylation sites is 1. The molecule has 2 aromatic rings. The van der Waals surface area contributed by atoms with Crippen molar-refractivity contribution in [3.63, 3.8) is 0 Å². The predicted molar refractivity (Wildman–Crippen MR) is 101 cm³/mol. The Hall–Kier alpha value is -2.24. The van der Waals surface area contributed by atoms with E-state index >= 15 is 0 Å². The summed E-state index contributed by atoms with van der Waals surface area (Å²) in [6, 6.07) is 13.9. The Labute approximate surface area is 161 Å². The molecule has 1 atom stereocenters. The number of amides is 3. The summed E-state index contributed by atoms with van der Waals surface area (Å²) in [5, 5.41) is 3.48. The van der Waals surface area contributed by atoms with E-state index in [0.717, 1.165) is 5.75 Å².